The van der Waals surface area contributed by atoms with Gasteiger partial charge in [-0.3, -0.25) is 9.59 Å². The van der Waals surface area contributed by atoms with Crippen LogP contribution in [0.5, 0.6) is 5.75 Å². The van der Waals surface area contributed by atoms with Gasteiger partial charge < -0.3 is 15.0 Å². The van der Waals surface area contributed by atoms with E-state index in [-0.39, 0.29) is 23.3 Å². The molecule has 0 aromatic heterocycles. The van der Waals surface area contributed by atoms with Crippen LogP contribution in [0, 0.1) is 0 Å². The molecule has 1 N–H and O–H groups in total. The van der Waals surface area contributed by atoms with Crippen molar-refractivity contribution in [3.05, 3.63) is 53.6 Å². The highest BCUT2D eigenvalue weighted by atomic mass is 32.2. The molecule has 9 heteroatoms. The smallest absolute Gasteiger partial charge is 0.243 e. The minimum atomic E-state index is -3.54. The molecule has 176 valence electrons. The highest BCUT2D eigenvalue weighted by molar-refractivity contribution is 7.89. The number of nitrogens with zero attached hydrogens (tertiary/aromatic N) is 2. The molecule has 0 unspecified atom stereocenters. The van der Waals surface area contributed by atoms with Crippen LogP contribution >= 0.6 is 0 Å². The lowest BCUT2D eigenvalue weighted by Crippen LogP contribution is -2.40. The Hall–Kier alpha value is -2.91. The maximum absolute atomic E-state index is 13.0. The standard InChI is InChI=1S/C24H29N3O5S/c1-32-20-9-7-18(8-10-20)16-25-23(28)17-27-22-12-11-21(15-19(22)5-4-6-24(27)29)33(30,31)26-13-2-3-14-26/h7-12,15H,2-6,13-14,16-17H2,1H3,(H,25,28). The van der Waals surface area contributed by atoms with Crippen molar-refractivity contribution in [3.8, 4) is 5.75 Å². The van der Waals surface area contributed by atoms with Crippen molar-refractivity contribution >= 4 is 27.5 Å². The molecule has 0 spiro atoms. The van der Waals surface area contributed by atoms with Gasteiger partial charge in [-0.2, -0.15) is 4.31 Å². The number of ether oxygens (including phenoxy) is 1. The molecule has 0 saturated carbocycles. The third-order valence-corrected chi connectivity index (χ3v) is 8.03. The van der Waals surface area contributed by atoms with Crippen LogP contribution in [0.3, 0.4) is 0 Å². The maximum atomic E-state index is 13.0. The number of hydrogen-bond donors (Lipinski definition) is 1. The van der Waals surface area contributed by atoms with Gasteiger partial charge in [-0.15, -0.1) is 0 Å². The van der Waals surface area contributed by atoms with Crippen molar-refractivity contribution in [1.82, 2.24) is 9.62 Å². The number of rotatable bonds is 7. The third kappa shape index (κ3) is 5.20. The van der Waals surface area contributed by atoms with Crippen LogP contribution in [-0.4, -0.2) is 51.3 Å². The molecular weight excluding hydrogens is 442 g/mol. The number of hydrogen-bond acceptors (Lipinski definition) is 5. The predicted molar refractivity (Wildman–Crippen MR) is 125 cm³/mol. The van der Waals surface area contributed by atoms with Crippen LogP contribution in [0.25, 0.3) is 0 Å². The lowest BCUT2D eigenvalue weighted by atomic mass is 10.1. The molecule has 8 nitrogen and oxygen atoms in total. The minimum absolute atomic E-state index is 0.111. The summed E-state index contributed by atoms with van der Waals surface area (Å²) in [6, 6.07) is 12.3. The molecule has 2 heterocycles. The number of carbonyl (C=O) groups is 2. The number of benzene rings is 2. The molecule has 2 aromatic rings. The average molecular weight is 472 g/mol. The van der Waals surface area contributed by atoms with E-state index in [2.05, 4.69) is 5.32 Å². The van der Waals surface area contributed by atoms with Gasteiger partial charge in [0, 0.05) is 31.7 Å². The monoisotopic (exact) mass is 471 g/mol. The quantitative estimate of drug-likeness (QED) is 0.669. The number of amides is 2. The molecule has 4 rings (SSSR count). The molecule has 2 amide bonds. The van der Waals surface area contributed by atoms with Crippen molar-refractivity contribution in [1.29, 1.82) is 0 Å². The summed E-state index contributed by atoms with van der Waals surface area (Å²) in [6.07, 6.45) is 3.27. The second-order valence-electron chi connectivity index (χ2n) is 8.36. The topological polar surface area (TPSA) is 96.0 Å². The molecule has 2 aromatic carbocycles. The van der Waals surface area contributed by atoms with Crippen LogP contribution in [0.2, 0.25) is 0 Å². The normalized spacial score (nSPS) is 16.9. The molecule has 0 bridgehead atoms. The Morgan fingerprint density at radius 2 is 1.76 bits per heavy atom. The van der Waals surface area contributed by atoms with E-state index < -0.39 is 10.0 Å². The SMILES string of the molecule is COc1ccc(CNC(=O)CN2C(=O)CCCc3cc(S(=O)(=O)N4CCCC4)ccc32)cc1. The number of carbonyl (C=O) groups excluding carboxylic acids is 2. The van der Waals surface area contributed by atoms with Crippen LogP contribution in [0.4, 0.5) is 5.69 Å². The number of fused-ring (bicyclic) bond motifs is 1. The molecule has 0 aliphatic carbocycles. The Kier molecular flexibility index (Phi) is 6.99. The Bertz CT molecular complexity index is 1130. The molecule has 2 aliphatic rings. The largest absolute Gasteiger partial charge is 0.497 e. The van der Waals surface area contributed by atoms with E-state index in [1.807, 2.05) is 24.3 Å². The lowest BCUT2D eigenvalue weighted by molar-refractivity contribution is -0.123. The fraction of sp³-hybridized carbons (Fsp3) is 0.417. The molecule has 0 atom stereocenters. The summed E-state index contributed by atoms with van der Waals surface area (Å²) in [6.45, 7) is 1.31. The summed E-state index contributed by atoms with van der Waals surface area (Å²) < 4.78 is 32.6. The minimum Gasteiger partial charge on any atom is -0.497 e. The highest BCUT2D eigenvalue weighted by Crippen LogP contribution is 2.31. The highest BCUT2D eigenvalue weighted by Gasteiger charge is 2.30. The summed E-state index contributed by atoms with van der Waals surface area (Å²) >= 11 is 0. The van der Waals surface area contributed by atoms with Crippen molar-refractivity contribution in [2.24, 2.45) is 0 Å². The molecule has 33 heavy (non-hydrogen) atoms. The zero-order chi connectivity index (χ0) is 23.4. The Balaban J connectivity index is 1.49. The average Bonchev–Trinajstić information content (AvgIpc) is 3.33. The van der Waals surface area contributed by atoms with E-state index in [1.165, 1.54) is 9.21 Å². The summed E-state index contributed by atoms with van der Waals surface area (Å²) in [5.74, 6) is 0.326. The van der Waals surface area contributed by atoms with Crippen molar-refractivity contribution in [3.63, 3.8) is 0 Å². The van der Waals surface area contributed by atoms with Crippen LogP contribution in [0.1, 0.15) is 36.8 Å². The van der Waals surface area contributed by atoms with E-state index >= 15 is 0 Å². The first kappa shape index (κ1) is 23.3. The second kappa shape index (κ2) is 9.93. The Labute approximate surface area is 194 Å². The zero-order valence-electron chi connectivity index (χ0n) is 18.7. The van der Waals surface area contributed by atoms with Gasteiger partial charge >= 0.3 is 0 Å². The first-order valence-electron chi connectivity index (χ1n) is 11.2. The Morgan fingerprint density at radius 1 is 1.03 bits per heavy atom. The summed E-state index contributed by atoms with van der Waals surface area (Å²) in [7, 11) is -1.95. The van der Waals surface area contributed by atoms with Crippen molar-refractivity contribution in [2.75, 3.05) is 31.6 Å². The Morgan fingerprint density at radius 3 is 2.45 bits per heavy atom. The number of nitrogens with one attached hydrogen (secondary N) is 1. The van der Waals surface area contributed by atoms with Gasteiger partial charge in [-0.25, -0.2) is 8.42 Å². The molecule has 1 fully saturated rings. The fourth-order valence-electron chi connectivity index (χ4n) is 4.28. The molecule has 0 radical (unpaired) electrons. The maximum Gasteiger partial charge on any atom is 0.243 e. The van der Waals surface area contributed by atoms with Gasteiger partial charge in [-0.05, 0) is 67.1 Å². The van der Waals surface area contributed by atoms with Gasteiger partial charge in [0.2, 0.25) is 21.8 Å². The van der Waals surface area contributed by atoms with E-state index in [0.29, 0.717) is 44.6 Å². The second-order valence-corrected chi connectivity index (χ2v) is 10.3. The van der Waals surface area contributed by atoms with E-state index in [0.717, 1.165) is 29.7 Å². The first-order valence-corrected chi connectivity index (χ1v) is 12.7. The van der Waals surface area contributed by atoms with E-state index in [4.69, 9.17) is 4.74 Å². The van der Waals surface area contributed by atoms with Crippen molar-refractivity contribution < 1.29 is 22.7 Å². The van der Waals surface area contributed by atoms with Gasteiger partial charge in [0.1, 0.15) is 12.3 Å². The van der Waals surface area contributed by atoms with Crippen LogP contribution < -0.4 is 15.0 Å². The zero-order valence-corrected chi connectivity index (χ0v) is 19.6. The van der Waals surface area contributed by atoms with E-state index in [9.17, 15) is 18.0 Å². The number of methoxy groups -OCH3 is 1. The number of aryl methyl sites for hydroxylation is 1. The predicted octanol–water partition coefficient (Wildman–Crippen LogP) is 2.47. The van der Waals surface area contributed by atoms with Gasteiger partial charge in [0.15, 0.2) is 0 Å². The van der Waals surface area contributed by atoms with Crippen LogP contribution in [-0.2, 0) is 32.6 Å². The van der Waals surface area contributed by atoms with Gasteiger partial charge in [0.25, 0.3) is 0 Å². The first-order chi connectivity index (χ1) is 15.9. The van der Waals surface area contributed by atoms with Crippen LogP contribution in [0.15, 0.2) is 47.4 Å². The molecule has 2 aliphatic heterocycles. The lowest BCUT2D eigenvalue weighted by Gasteiger charge is -2.23. The summed E-state index contributed by atoms with van der Waals surface area (Å²) in [4.78, 5) is 27.1. The fourth-order valence-corrected chi connectivity index (χ4v) is 5.85. The summed E-state index contributed by atoms with van der Waals surface area (Å²) in [5, 5.41) is 2.85. The van der Waals surface area contributed by atoms with Gasteiger partial charge in [-0.1, -0.05) is 12.1 Å². The van der Waals surface area contributed by atoms with E-state index in [1.54, 1.807) is 25.3 Å². The number of anilines is 1. The third-order valence-electron chi connectivity index (χ3n) is 6.13. The number of sulfonamides is 1. The summed E-state index contributed by atoms with van der Waals surface area (Å²) in [5.41, 5.74) is 2.31. The van der Waals surface area contributed by atoms with Crippen molar-refractivity contribution in [2.45, 2.75) is 43.5 Å². The molecule has 1 saturated heterocycles. The van der Waals surface area contributed by atoms with Gasteiger partial charge in [0.05, 0.1) is 12.0 Å². The molecular formula is C24H29N3O5S.